The van der Waals surface area contributed by atoms with E-state index in [1.165, 1.54) is 0 Å². The average Bonchev–Trinajstić information content (AvgIpc) is 3.46. The molecule has 54 heavy (non-hydrogen) atoms. The number of hydrogen-bond donors (Lipinski definition) is 3. The second-order valence-electron chi connectivity index (χ2n) is 15.8. The van der Waals surface area contributed by atoms with Crippen LogP contribution >= 0.6 is 0 Å². The van der Waals surface area contributed by atoms with Crippen LogP contribution in [0, 0.1) is 10.8 Å². The monoisotopic (exact) mass is 768 g/mol. The Bertz CT molecular complexity index is 1200. The molecular formula is C39H73N7O8. The van der Waals surface area contributed by atoms with E-state index in [4.69, 9.17) is 23.7 Å². The van der Waals surface area contributed by atoms with Crippen LogP contribution in [0.15, 0.2) is 0 Å². The summed E-state index contributed by atoms with van der Waals surface area (Å²) in [5, 5.41) is 18.1. The van der Waals surface area contributed by atoms with Crippen LogP contribution in [0.4, 0.5) is 0 Å². The summed E-state index contributed by atoms with van der Waals surface area (Å²) < 4.78 is 30.5. The summed E-state index contributed by atoms with van der Waals surface area (Å²) in [5.74, 6) is 0.0628. The quantitative estimate of drug-likeness (QED) is 0.0986. The van der Waals surface area contributed by atoms with Gasteiger partial charge in [-0.15, -0.1) is 5.10 Å². The molecule has 0 saturated carbocycles. The average molecular weight is 768 g/mol. The lowest BCUT2D eigenvalue weighted by molar-refractivity contribution is -0.133. The molecule has 0 spiro atoms. The summed E-state index contributed by atoms with van der Waals surface area (Å²) in [6, 6.07) is 0. The molecule has 0 bridgehead atoms. The number of nitrogens with zero attached hydrogens (tertiary/aromatic N) is 4. The molecule has 1 aromatic rings. The SMILES string of the molecule is CCCCC(=O)NCCCOCCOCCOCCCNC(=O)CCCC(=O)N1CCc2c(nnn2CC(C)(C)COCC(C)(C)CNC)CC(OC)C1. The Kier molecular flexibility index (Phi) is 23.7. The summed E-state index contributed by atoms with van der Waals surface area (Å²) in [5.41, 5.74) is 1.84. The molecule has 3 N–H and O–H groups in total. The highest BCUT2D eigenvalue weighted by Crippen LogP contribution is 2.24. The van der Waals surface area contributed by atoms with E-state index in [-0.39, 0.29) is 34.7 Å². The molecule has 2 heterocycles. The third-order valence-electron chi connectivity index (χ3n) is 9.16. The Morgan fingerprint density at radius 2 is 1.39 bits per heavy atom. The van der Waals surface area contributed by atoms with Crippen LogP contribution in [-0.2, 0) is 57.5 Å². The fourth-order valence-electron chi connectivity index (χ4n) is 6.17. The summed E-state index contributed by atoms with van der Waals surface area (Å²) in [7, 11) is 3.62. The standard InChI is InChI=1S/C39H73N7O8/c1-8-9-13-35(47)41-17-11-20-51-22-24-53-25-23-52-21-12-18-42-36(48)14-10-15-37(49)45-19-16-34-33(26-32(27-45)50-7)43-44-46(34)29-39(4,5)31-54-30-38(2,3)28-40-6/h32,40H,8-31H2,1-7H3,(H,41,47)(H,42,48). The highest BCUT2D eigenvalue weighted by Gasteiger charge is 2.29. The Labute approximate surface area is 324 Å². The smallest absolute Gasteiger partial charge is 0.222 e. The van der Waals surface area contributed by atoms with Gasteiger partial charge >= 0.3 is 0 Å². The maximum atomic E-state index is 13.3. The molecule has 0 saturated heterocycles. The van der Waals surface area contributed by atoms with Crippen molar-refractivity contribution in [3.8, 4) is 0 Å². The normalized spacial score (nSPS) is 15.1. The number of unbranched alkanes of at least 4 members (excludes halogenated alkanes) is 1. The summed E-state index contributed by atoms with van der Waals surface area (Å²) >= 11 is 0. The van der Waals surface area contributed by atoms with Crippen LogP contribution in [0.25, 0.3) is 0 Å². The van der Waals surface area contributed by atoms with E-state index in [9.17, 15) is 14.4 Å². The van der Waals surface area contributed by atoms with Gasteiger partial charge in [-0.25, -0.2) is 4.68 Å². The van der Waals surface area contributed by atoms with Crippen LogP contribution in [-0.4, -0.2) is 143 Å². The van der Waals surface area contributed by atoms with Crippen molar-refractivity contribution in [2.75, 3.05) is 99.7 Å². The Morgan fingerprint density at radius 1 is 0.796 bits per heavy atom. The number of methoxy groups -OCH3 is 1. The van der Waals surface area contributed by atoms with Gasteiger partial charge in [0.15, 0.2) is 0 Å². The molecule has 0 aliphatic carbocycles. The van der Waals surface area contributed by atoms with Crippen molar-refractivity contribution in [2.24, 2.45) is 10.8 Å². The molecule has 2 rings (SSSR count). The molecule has 1 aromatic heterocycles. The lowest BCUT2D eigenvalue weighted by atomic mass is 9.93. The summed E-state index contributed by atoms with van der Waals surface area (Å²) in [6.45, 7) is 18.8. The number of rotatable bonds is 30. The number of fused-ring (bicyclic) bond motifs is 1. The second kappa shape index (κ2) is 27.0. The van der Waals surface area contributed by atoms with E-state index in [0.717, 1.165) is 37.2 Å². The van der Waals surface area contributed by atoms with Gasteiger partial charge in [-0.05, 0) is 32.7 Å². The topological polar surface area (TPSA) is 167 Å². The van der Waals surface area contributed by atoms with E-state index >= 15 is 0 Å². The molecule has 312 valence electrons. The zero-order valence-electron chi connectivity index (χ0n) is 34.6. The van der Waals surface area contributed by atoms with Crippen molar-refractivity contribution >= 4 is 17.7 Å². The third kappa shape index (κ3) is 20.8. The molecule has 1 aliphatic heterocycles. The van der Waals surface area contributed by atoms with Gasteiger partial charge in [0.25, 0.3) is 0 Å². The fourth-order valence-corrected chi connectivity index (χ4v) is 6.17. The van der Waals surface area contributed by atoms with Gasteiger partial charge in [0.2, 0.25) is 17.7 Å². The minimum atomic E-state index is -0.188. The number of ether oxygens (including phenoxy) is 5. The maximum Gasteiger partial charge on any atom is 0.222 e. The molecule has 15 heteroatoms. The minimum absolute atomic E-state index is 0.0237. The lowest BCUT2D eigenvalue weighted by Crippen LogP contribution is -2.42. The van der Waals surface area contributed by atoms with E-state index in [2.05, 4.69) is 60.9 Å². The zero-order chi connectivity index (χ0) is 39.7. The van der Waals surface area contributed by atoms with E-state index in [1.807, 2.05) is 16.6 Å². The van der Waals surface area contributed by atoms with Crippen molar-refractivity contribution < 1.29 is 38.1 Å². The van der Waals surface area contributed by atoms with Crippen molar-refractivity contribution in [1.82, 2.24) is 35.8 Å². The molecule has 0 radical (unpaired) electrons. The van der Waals surface area contributed by atoms with Gasteiger partial charge in [-0.2, -0.15) is 0 Å². The van der Waals surface area contributed by atoms with E-state index < -0.39 is 0 Å². The molecular weight excluding hydrogens is 694 g/mol. The molecule has 1 unspecified atom stereocenters. The third-order valence-corrected chi connectivity index (χ3v) is 9.16. The molecule has 0 fully saturated rings. The van der Waals surface area contributed by atoms with Crippen molar-refractivity contribution in [2.45, 2.75) is 111 Å². The highest BCUT2D eigenvalue weighted by molar-refractivity contribution is 5.79. The number of hydrogen-bond acceptors (Lipinski definition) is 11. The number of aromatic nitrogens is 3. The van der Waals surface area contributed by atoms with Crippen molar-refractivity contribution in [3.63, 3.8) is 0 Å². The molecule has 3 amide bonds. The van der Waals surface area contributed by atoms with Crippen LogP contribution in [0.3, 0.4) is 0 Å². The minimum Gasteiger partial charge on any atom is -0.380 e. The van der Waals surface area contributed by atoms with Crippen molar-refractivity contribution in [3.05, 3.63) is 11.4 Å². The molecule has 1 aliphatic rings. The van der Waals surface area contributed by atoms with Gasteiger partial charge in [0.05, 0.1) is 63.7 Å². The first-order valence-electron chi connectivity index (χ1n) is 20.1. The van der Waals surface area contributed by atoms with Crippen LogP contribution in [0.1, 0.15) is 97.4 Å². The van der Waals surface area contributed by atoms with Crippen LogP contribution in [0.2, 0.25) is 0 Å². The Hall–Kier alpha value is -2.69. The molecule has 0 aromatic carbocycles. The van der Waals surface area contributed by atoms with Crippen molar-refractivity contribution in [1.29, 1.82) is 0 Å². The molecule has 1 atom stereocenters. The number of carbonyl (C=O) groups is 3. The van der Waals surface area contributed by atoms with Crippen LogP contribution in [0.5, 0.6) is 0 Å². The molecule has 15 nitrogen and oxygen atoms in total. The zero-order valence-corrected chi connectivity index (χ0v) is 34.6. The van der Waals surface area contributed by atoms with Gasteiger partial charge in [0, 0.05) is 96.0 Å². The maximum absolute atomic E-state index is 13.3. The van der Waals surface area contributed by atoms with Crippen LogP contribution < -0.4 is 16.0 Å². The Morgan fingerprint density at radius 3 is 1.98 bits per heavy atom. The van der Waals surface area contributed by atoms with Gasteiger partial charge in [-0.3, -0.25) is 14.4 Å². The summed E-state index contributed by atoms with van der Waals surface area (Å²) in [6.07, 6.45) is 6.14. The first kappa shape index (κ1) is 47.5. The fraction of sp³-hybridized carbons (Fsp3) is 0.872. The lowest BCUT2D eigenvalue weighted by Gasteiger charge is -2.31. The predicted molar refractivity (Wildman–Crippen MR) is 208 cm³/mol. The number of carbonyl (C=O) groups excluding carboxylic acids is 3. The van der Waals surface area contributed by atoms with E-state index in [0.29, 0.717) is 131 Å². The van der Waals surface area contributed by atoms with Gasteiger partial charge in [-0.1, -0.05) is 46.3 Å². The number of nitrogens with one attached hydrogen (secondary N) is 3. The first-order chi connectivity index (χ1) is 25.9. The van der Waals surface area contributed by atoms with Gasteiger partial charge in [0.1, 0.15) is 0 Å². The number of amides is 3. The first-order valence-corrected chi connectivity index (χ1v) is 20.1. The summed E-state index contributed by atoms with van der Waals surface area (Å²) in [4.78, 5) is 39.1. The predicted octanol–water partition coefficient (Wildman–Crippen LogP) is 2.93. The Balaban J connectivity index is 1.58. The van der Waals surface area contributed by atoms with E-state index in [1.54, 1.807) is 7.11 Å². The van der Waals surface area contributed by atoms with Gasteiger partial charge < -0.3 is 44.5 Å². The second-order valence-corrected chi connectivity index (χ2v) is 15.8. The highest BCUT2D eigenvalue weighted by atomic mass is 16.5. The largest absolute Gasteiger partial charge is 0.380 e.